The lowest BCUT2D eigenvalue weighted by atomic mass is 9.97. The van der Waals surface area contributed by atoms with Crippen LogP contribution in [0.1, 0.15) is 20.8 Å². The standard InChI is InChI=1S/C14H17ClN2/c1-14(2,3)9-16-12-8-13(15)17-11-7-5-4-6-10(11)12/h4-8H,9H2,1-3H3,(H,16,17). The van der Waals surface area contributed by atoms with Crippen LogP contribution in [0.5, 0.6) is 0 Å². The Kier molecular flexibility index (Phi) is 3.25. The second-order valence-electron chi connectivity index (χ2n) is 5.42. The van der Waals surface area contributed by atoms with Gasteiger partial charge >= 0.3 is 0 Å². The highest BCUT2D eigenvalue weighted by Crippen LogP contribution is 2.26. The van der Waals surface area contributed by atoms with Crippen molar-refractivity contribution < 1.29 is 0 Å². The van der Waals surface area contributed by atoms with E-state index in [0.717, 1.165) is 23.1 Å². The highest BCUT2D eigenvalue weighted by Gasteiger charge is 2.11. The molecule has 0 saturated heterocycles. The summed E-state index contributed by atoms with van der Waals surface area (Å²) in [7, 11) is 0. The molecule has 0 saturated carbocycles. The van der Waals surface area contributed by atoms with Gasteiger partial charge in [-0.25, -0.2) is 4.98 Å². The number of aromatic nitrogens is 1. The summed E-state index contributed by atoms with van der Waals surface area (Å²) in [5, 5.41) is 5.08. The van der Waals surface area contributed by atoms with Gasteiger partial charge in [0.15, 0.2) is 0 Å². The fourth-order valence-corrected chi connectivity index (χ4v) is 1.85. The Morgan fingerprint density at radius 3 is 2.65 bits per heavy atom. The minimum atomic E-state index is 0.233. The molecule has 90 valence electrons. The van der Waals surface area contributed by atoms with Crippen molar-refractivity contribution in [3.8, 4) is 0 Å². The molecule has 0 spiro atoms. The molecule has 1 aromatic heterocycles. The van der Waals surface area contributed by atoms with Gasteiger partial charge in [-0.15, -0.1) is 0 Å². The molecule has 2 rings (SSSR count). The summed E-state index contributed by atoms with van der Waals surface area (Å²) in [5.74, 6) is 0. The molecule has 3 heteroatoms. The quantitative estimate of drug-likeness (QED) is 0.800. The smallest absolute Gasteiger partial charge is 0.131 e. The van der Waals surface area contributed by atoms with Crippen LogP contribution in [0, 0.1) is 5.41 Å². The summed E-state index contributed by atoms with van der Waals surface area (Å²) < 4.78 is 0. The number of nitrogens with zero attached hydrogens (tertiary/aromatic N) is 1. The molecule has 0 aliphatic carbocycles. The minimum Gasteiger partial charge on any atom is -0.384 e. The maximum atomic E-state index is 6.02. The number of rotatable bonds is 2. The highest BCUT2D eigenvalue weighted by molar-refractivity contribution is 6.30. The molecule has 1 N–H and O–H groups in total. The van der Waals surface area contributed by atoms with E-state index in [4.69, 9.17) is 11.6 Å². The van der Waals surface area contributed by atoms with Gasteiger partial charge in [0, 0.05) is 17.6 Å². The van der Waals surface area contributed by atoms with Crippen molar-refractivity contribution in [1.29, 1.82) is 0 Å². The second kappa shape index (κ2) is 4.53. The first-order chi connectivity index (χ1) is 7.96. The molecule has 0 amide bonds. The van der Waals surface area contributed by atoms with Crippen molar-refractivity contribution in [2.75, 3.05) is 11.9 Å². The van der Waals surface area contributed by atoms with Crippen LogP contribution < -0.4 is 5.32 Å². The van der Waals surface area contributed by atoms with Crippen LogP contribution >= 0.6 is 11.6 Å². The fourth-order valence-electron chi connectivity index (χ4n) is 1.65. The molecule has 1 heterocycles. The average molecular weight is 249 g/mol. The second-order valence-corrected chi connectivity index (χ2v) is 5.81. The van der Waals surface area contributed by atoms with E-state index in [0.29, 0.717) is 5.15 Å². The van der Waals surface area contributed by atoms with Crippen molar-refractivity contribution in [2.24, 2.45) is 5.41 Å². The summed E-state index contributed by atoms with van der Waals surface area (Å²) >= 11 is 6.02. The van der Waals surface area contributed by atoms with Gasteiger partial charge in [0.2, 0.25) is 0 Å². The number of fused-ring (bicyclic) bond motifs is 1. The zero-order valence-corrected chi connectivity index (χ0v) is 11.2. The average Bonchev–Trinajstić information content (AvgIpc) is 2.24. The molecule has 0 aliphatic heterocycles. The van der Waals surface area contributed by atoms with Gasteiger partial charge in [0.1, 0.15) is 5.15 Å². The van der Waals surface area contributed by atoms with E-state index >= 15 is 0 Å². The molecular formula is C14H17ClN2. The Hall–Kier alpha value is -1.28. The molecule has 0 atom stereocenters. The van der Waals surface area contributed by atoms with Crippen LogP contribution in [-0.2, 0) is 0 Å². The van der Waals surface area contributed by atoms with Crippen LogP contribution in [0.15, 0.2) is 30.3 Å². The van der Waals surface area contributed by atoms with Crippen molar-refractivity contribution in [3.63, 3.8) is 0 Å². The van der Waals surface area contributed by atoms with E-state index in [1.807, 2.05) is 24.3 Å². The summed E-state index contributed by atoms with van der Waals surface area (Å²) in [6.07, 6.45) is 0. The largest absolute Gasteiger partial charge is 0.384 e. The molecule has 2 nitrogen and oxygen atoms in total. The lowest BCUT2D eigenvalue weighted by Crippen LogP contribution is -2.19. The lowest BCUT2D eigenvalue weighted by Gasteiger charge is -2.20. The van der Waals surface area contributed by atoms with E-state index in [2.05, 4.69) is 37.1 Å². The number of benzene rings is 1. The van der Waals surface area contributed by atoms with Crippen molar-refractivity contribution >= 4 is 28.2 Å². The number of hydrogen-bond donors (Lipinski definition) is 1. The number of pyridine rings is 1. The third kappa shape index (κ3) is 3.10. The topological polar surface area (TPSA) is 24.9 Å². The first kappa shape index (κ1) is 12.2. The number of hydrogen-bond acceptors (Lipinski definition) is 2. The van der Waals surface area contributed by atoms with E-state index in [9.17, 15) is 0 Å². The molecule has 2 aromatic rings. The molecule has 17 heavy (non-hydrogen) atoms. The molecule has 0 bridgehead atoms. The Morgan fingerprint density at radius 2 is 1.94 bits per heavy atom. The normalized spacial score (nSPS) is 11.8. The lowest BCUT2D eigenvalue weighted by molar-refractivity contribution is 0.443. The number of halogens is 1. The van der Waals surface area contributed by atoms with Gasteiger partial charge in [0.25, 0.3) is 0 Å². The summed E-state index contributed by atoms with van der Waals surface area (Å²) in [4.78, 5) is 4.31. The first-order valence-electron chi connectivity index (χ1n) is 5.75. The van der Waals surface area contributed by atoms with Gasteiger partial charge < -0.3 is 5.32 Å². The Labute approximate surface area is 107 Å². The van der Waals surface area contributed by atoms with E-state index < -0.39 is 0 Å². The van der Waals surface area contributed by atoms with Gasteiger partial charge in [-0.2, -0.15) is 0 Å². The van der Waals surface area contributed by atoms with Crippen LogP contribution in [0.2, 0.25) is 5.15 Å². The van der Waals surface area contributed by atoms with Gasteiger partial charge in [-0.05, 0) is 17.5 Å². The third-order valence-electron chi connectivity index (χ3n) is 2.49. The van der Waals surface area contributed by atoms with E-state index in [1.54, 1.807) is 0 Å². The third-order valence-corrected chi connectivity index (χ3v) is 2.69. The Balaban J connectivity index is 2.39. The number of nitrogens with one attached hydrogen (secondary N) is 1. The monoisotopic (exact) mass is 248 g/mol. The predicted octanol–water partition coefficient (Wildman–Crippen LogP) is 4.35. The fraction of sp³-hybridized carbons (Fsp3) is 0.357. The molecule has 0 fully saturated rings. The molecular weight excluding hydrogens is 232 g/mol. The van der Waals surface area contributed by atoms with Gasteiger partial charge in [-0.1, -0.05) is 50.6 Å². The maximum absolute atomic E-state index is 6.02. The van der Waals surface area contributed by atoms with Crippen LogP contribution in [0.3, 0.4) is 0 Å². The molecule has 0 unspecified atom stereocenters. The molecule has 1 aromatic carbocycles. The van der Waals surface area contributed by atoms with Crippen LogP contribution in [0.4, 0.5) is 5.69 Å². The van der Waals surface area contributed by atoms with Crippen molar-refractivity contribution in [1.82, 2.24) is 4.98 Å². The first-order valence-corrected chi connectivity index (χ1v) is 6.13. The minimum absolute atomic E-state index is 0.233. The van der Waals surface area contributed by atoms with Crippen LogP contribution in [0.25, 0.3) is 10.9 Å². The summed E-state index contributed by atoms with van der Waals surface area (Å²) in [6.45, 7) is 7.50. The van der Waals surface area contributed by atoms with Gasteiger partial charge in [-0.3, -0.25) is 0 Å². The maximum Gasteiger partial charge on any atom is 0.131 e. The molecule has 0 aliphatic rings. The van der Waals surface area contributed by atoms with E-state index in [1.165, 1.54) is 0 Å². The van der Waals surface area contributed by atoms with E-state index in [-0.39, 0.29) is 5.41 Å². The van der Waals surface area contributed by atoms with Crippen molar-refractivity contribution in [3.05, 3.63) is 35.5 Å². The highest BCUT2D eigenvalue weighted by atomic mass is 35.5. The van der Waals surface area contributed by atoms with Crippen LogP contribution in [-0.4, -0.2) is 11.5 Å². The summed E-state index contributed by atoms with van der Waals surface area (Å²) in [5.41, 5.74) is 2.21. The zero-order chi connectivity index (χ0) is 12.5. The number of para-hydroxylation sites is 1. The predicted molar refractivity (Wildman–Crippen MR) is 74.7 cm³/mol. The molecule has 0 radical (unpaired) electrons. The zero-order valence-electron chi connectivity index (χ0n) is 10.4. The van der Waals surface area contributed by atoms with Gasteiger partial charge in [0.05, 0.1) is 5.52 Å². The Bertz CT molecular complexity index is 529. The van der Waals surface area contributed by atoms with Crippen molar-refractivity contribution in [2.45, 2.75) is 20.8 Å². The number of anilines is 1. The summed E-state index contributed by atoms with van der Waals surface area (Å²) in [6, 6.07) is 9.90. The Morgan fingerprint density at radius 1 is 1.24 bits per heavy atom. The SMILES string of the molecule is CC(C)(C)CNc1cc(Cl)nc2ccccc12.